The van der Waals surface area contributed by atoms with Gasteiger partial charge in [0.05, 0.1) is 12.0 Å². The molecule has 2 aliphatic rings. The molecule has 0 saturated carbocycles. The smallest absolute Gasteiger partial charge is 0.227 e. The highest BCUT2D eigenvalue weighted by molar-refractivity contribution is 5.79. The summed E-state index contributed by atoms with van der Waals surface area (Å²) in [6.07, 6.45) is 2.15. The van der Waals surface area contributed by atoms with Crippen LogP contribution in [0.1, 0.15) is 19.8 Å². The largest absolute Gasteiger partial charge is 0.377 e. The van der Waals surface area contributed by atoms with Crippen molar-refractivity contribution in [2.75, 3.05) is 32.8 Å². The second-order valence-corrected chi connectivity index (χ2v) is 4.51. The standard InChI is InChI=1S/C11H20N2O2/c1-9-8-13(5-2-6-15-9)11(14)10-3-4-12-7-10/h9-10,12H,2-8H2,1H3/t9?,10-/m0/s1. The molecule has 4 heteroatoms. The average molecular weight is 212 g/mol. The zero-order valence-corrected chi connectivity index (χ0v) is 9.37. The van der Waals surface area contributed by atoms with Crippen LogP contribution in [0.2, 0.25) is 0 Å². The number of amides is 1. The van der Waals surface area contributed by atoms with Crippen molar-refractivity contribution in [3.63, 3.8) is 0 Å². The van der Waals surface area contributed by atoms with Crippen molar-refractivity contribution < 1.29 is 9.53 Å². The van der Waals surface area contributed by atoms with Gasteiger partial charge >= 0.3 is 0 Å². The first-order valence-electron chi connectivity index (χ1n) is 5.88. The van der Waals surface area contributed by atoms with E-state index in [-0.39, 0.29) is 12.0 Å². The summed E-state index contributed by atoms with van der Waals surface area (Å²) in [6, 6.07) is 0. The fraction of sp³-hybridized carbons (Fsp3) is 0.909. The van der Waals surface area contributed by atoms with Gasteiger partial charge in [0.1, 0.15) is 0 Å². The van der Waals surface area contributed by atoms with E-state index in [1.54, 1.807) is 0 Å². The Hall–Kier alpha value is -0.610. The Balaban J connectivity index is 1.92. The van der Waals surface area contributed by atoms with Crippen molar-refractivity contribution in [1.82, 2.24) is 10.2 Å². The van der Waals surface area contributed by atoms with E-state index in [9.17, 15) is 4.79 Å². The predicted molar refractivity (Wildman–Crippen MR) is 57.6 cm³/mol. The molecule has 2 saturated heterocycles. The van der Waals surface area contributed by atoms with E-state index in [4.69, 9.17) is 4.74 Å². The molecule has 0 spiro atoms. The highest BCUT2D eigenvalue weighted by atomic mass is 16.5. The molecular weight excluding hydrogens is 192 g/mol. The molecule has 0 aliphatic carbocycles. The molecule has 2 heterocycles. The highest BCUT2D eigenvalue weighted by Crippen LogP contribution is 2.14. The SMILES string of the molecule is CC1CN(C(=O)[C@H]2CCNC2)CCCO1. The van der Waals surface area contributed by atoms with Crippen LogP contribution in [0.4, 0.5) is 0 Å². The van der Waals surface area contributed by atoms with Crippen LogP contribution in [-0.4, -0.2) is 49.7 Å². The lowest BCUT2D eigenvalue weighted by atomic mass is 10.1. The Morgan fingerprint density at radius 3 is 3.13 bits per heavy atom. The van der Waals surface area contributed by atoms with Crippen molar-refractivity contribution in [3.05, 3.63) is 0 Å². The number of rotatable bonds is 1. The summed E-state index contributed by atoms with van der Waals surface area (Å²) >= 11 is 0. The van der Waals surface area contributed by atoms with Gasteiger partial charge in [-0.15, -0.1) is 0 Å². The molecule has 0 radical (unpaired) electrons. The minimum Gasteiger partial charge on any atom is -0.377 e. The minimum absolute atomic E-state index is 0.186. The Labute approximate surface area is 91.0 Å². The zero-order valence-electron chi connectivity index (χ0n) is 9.37. The third kappa shape index (κ3) is 2.69. The maximum Gasteiger partial charge on any atom is 0.227 e. The van der Waals surface area contributed by atoms with Crippen LogP contribution in [0.3, 0.4) is 0 Å². The number of nitrogens with zero attached hydrogens (tertiary/aromatic N) is 1. The van der Waals surface area contributed by atoms with Gasteiger partial charge in [-0.1, -0.05) is 0 Å². The van der Waals surface area contributed by atoms with Crippen LogP contribution in [-0.2, 0) is 9.53 Å². The summed E-state index contributed by atoms with van der Waals surface area (Å²) < 4.78 is 5.54. The monoisotopic (exact) mass is 212 g/mol. The van der Waals surface area contributed by atoms with Gasteiger partial charge in [-0.3, -0.25) is 4.79 Å². The third-order valence-electron chi connectivity index (χ3n) is 3.17. The van der Waals surface area contributed by atoms with E-state index in [0.717, 1.165) is 45.6 Å². The lowest BCUT2D eigenvalue weighted by Gasteiger charge is -2.24. The maximum atomic E-state index is 12.1. The zero-order chi connectivity index (χ0) is 10.7. The maximum absolute atomic E-state index is 12.1. The van der Waals surface area contributed by atoms with Crippen LogP contribution >= 0.6 is 0 Å². The van der Waals surface area contributed by atoms with Crippen LogP contribution in [0.15, 0.2) is 0 Å². The summed E-state index contributed by atoms with van der Waals surface area (Å²) in [7, 11) is 0. The minimum atomic E-state index is 0.186. The fourth-order valence-electron chi connectivity index (χ4n) is 2.32. The Kier molecular flexibility index (Phi) is 3.59. The first-order valence-corrected chi connectivity index (χ1v) is 5.88. The molecule has 0 aromatic carbocycles. The van der Waals surface area contributed by atoms with Gasteiger partial charge in [0.25, 0.3) is 0 Å². The number of hydrogen-bond donors (Lipinski definition) is 1. The number of carbonyl (C=O) groups excluding carboxylic acids is 1. The molecule has 0 aromatic rings. The van der Waals surface area contributed by atoms with Gasteiger partial charge in [-0.25, -0.2) is 0 Å². The first kappa shape index (κ1) is 10.9. The van der Waals surface area contributed by atoms with E-state index in [2.05, 4.69) is 5.32 Å². The normalized spacial score (nSPS) is 32.7. The van der Waals surface area contributed by atoms with Crippen LogP contribution < -0.4 is 5.32 Å². The van der Waals surface area contributed by atoms with Crippen LogP contribution in [0.25, 0.3) is 0 Å². The van der Waals surface area contributed by atoms with E-state index in [1.165, 1.54) is 0 Å². The predicted octanol–water partition coefficient (Wildman–Crippen LogP) is 0.233. The second-order valence-electron chi connectivity index (χ2n) is 4.51. The Morgan fingerprint density at radius 1 is 1.53 bits per heavy atom. The van der Waals surface area contributed by atoms with Gasteiger partial charge in [0.2, 0.25) is 5.91 Å². The molecule has 2 atom stereocenters. The molecule has 86 valence electrons. The van der Waals surface area contributed by atoms with E-state index >= 15 is 0 Å². The van der Waals surface area contributed by atoms with Gasteiger partial charge in [0, 0.05) is 26.2 Å². The molecule has 1 N–H and O–H groups in total. The summed E-state index contributed by atoms with van der Waals surface area (Å²) in [6.45, 7) is 6.28. The van der Waals surface area contributed by atoms with Gasteiger partial charge in [0.15, 0.2) is 0 Å². The Bertz CT molecular complexity index is 227. The molecule has 1 unspecified atom stereocenters. The fourth-order valence-corrected chi connectivity index (χ4v) is 2.32. The summed E-state index contributed by atoms with van der Waals surface area (Å²) in [4.78, 5) is 14.1. The molecule has 2 fully saturated rings. The molecular formula is C11H20N2O2. The molecule has 0 aromatic heterocycles. The number of ether oxygens (including phenoxy) is 1. The Morgan fingerprint density at radius 2 is 2.40 bits per heavy atom. The van der Waals surface area contributed by atoms with Crippen molar-refractivity contribution in [2.24, 2.45) is 5.92 Å². The van der Waals surface area contributed by atoms with E-state index in [1.807, 2.05) is 11.8 Å². The molecule has 2 rings (SSSR count). The summed E-state index contributed by atoms with van der Waals surface area (Å²) in [5, 5.41) is 3.24. The molecule has 0 bridgehead atoms. The van der Waals surface area contributed by atoms with Gasteiger partial charge < -0.3 is 15.0 Å². The number of nitrogens with one attached hydrogen (secondary N) is 1. The number of hydrogen-bond acceptors (Lipinski definition) is 3. The highest BCUT2D eigenvalue weighted by Gasteiger charge is 2.28. The number of carbonyl (C=O) groups is 1. The summed E-state index contributed by atoms with van der Waals surface area (Å²) in [5.74, 6) is 0.521. The first-order chi connectivity index (χ1) is 7.27. The molecule has 1 amide bonds. The van der Waals surface area contributed by atoms with Gasteiger partial charge in [-0.05, 0) is 26.3 Å². The summed E-state index contributed by atoms with van der Waals surface area (Å²) in [5.41, 5.74) is 0. The molecule has 15 heavy (non-hydrogen) atoms. The van der Waals surface area contributed by atoms with E-state index < -0.39 is 0 Å². The quantitative estimate of drug-likeness (QED) is 0.676. The second kappa shape index (κ2) is 4.94. The third-order valence-corrected chi connectivity index (χ3v) is 3.17. The molecule has 4 nitrogen and oxygen atoms in total. The van der Waals surface area contributed by atoms with E-state index in [0.29, 0.717) is 5.91 Å². The van der Waals surface area contributed by atoms with Crippen molar-refractivity contribution in [1.29, 1.82) is 0 Å². The van der Waals surface area contributed by atoms with Crippen molar-refractivity contribution >= 4 is 5.91 Å². The molecule has 2 aliphatic heterocycles. The average Bonchev–Trinajstić information content (AvgIpc) is 2.67. The van der Waals surface area contributed by atoms with Crippen molar-refractivity contribution in [3.8, 4) is 0 Å². The lowest BCUT2D eigenvalue weighted by molar-refractivity contribution is -0.135. The van der Waals surface area contributed by atoms with Gasteiger partial charge in [-0.2, -0.15) is 0 Å². The van der Waals surface area contributed by atoms with Crippen molar-refractivity contribution in [2.45, 2.75) is 25.9 Å². The van der Waals surface area contributed by atoms with Crippen LogP contribution in [0, 0.1) is 5.92 Å². The van der Waals surface area contributed by atoms with Crippen LogP contribution in [0.5, 0.6) is 0 Å². The topological polar surface area (TPSA) is 41.6 Å². The lowest BCUT2D eigenvalue weighted by Crippen LogP contribution is -2.40.